The maximum atomic E-state index is 5.00. The molecule has 0 saturated heterocycles. The van der Waals surface area contributed by atoms with Crippen LogP contribution in [0.4, 0.5) is 0 Å². The quantitative estimate of drug-likeness (QED) is 0.512. The van der Waals surface area contributed by atoms with Crippen LogP contribution < -0.4 is 0 Å². The largest absolute Gasteiger partial charge is 0.367 e. The van der Waals surface area contributed by atoms with Crippen LogP contribution in [-0.4, -0.2) is 25.3 Å². The number of methoxy groups -OCH3 is 1. The molecule has 2 nitrogen and oxygen atoms in total. The SMILES string of the molecule is C[CH]N(C)C(C)OC. The van der Waals surface area contributed by atoms with Crippen LogP contribution in [0.3, 0.4) is 0 Å². The Bertz CT molecular complexity index is 48.5. The highest BCUT2D eigenvalue weighted by molar-refractivity contribution is 4.57. The topological polar surface area (TPSA) is 12.5 Å². The molecule has 0 bridgehead atoms. The van der Waals surface area contributed by atoms with Crippen molar-refractivity contribution < 1.29 is 4.74 Å². The maximum Gasteiger partial charge on any atom is 0.107 e. The van der Waals surface area contributed by atoms with Gasteiger partial charge in [0.25, 0.3) is 0 Å². The van der Waals surface area contributed by atoms with E-state index in [0.717, 1.165) is 0 Å². The van der Waals surface area contributed by atoms with Gasteiger partial charge in [0.15, 0.2) is 0 Å². The van der Waals surface area contributed by atoms with Gasteiger partial charge in [0.2, 0.25) is 0 Å². The number of hydrogen-bond acceptors (Lipinski definition) is 2. The third-order valence-electron chi connectivity index (χ3n) is 1.32. The van der Waals surface area contributed by atoms with E-state index in [1.807, 2.05) is 32.3 Å². The number of nitrogens with zero attached hydrogens (tertiary/aromatic N) is 1. The lowest BCUT2D eigenvalue weighted by Gasteiger charge is -2.20. The van der Waals surface area contributed by atoms with Crippen molar-refractivity contribution in [1.29, 1.82) is 0 Å². The fourth-order valence-electron chi connectivity index (χ4n) is 0.376. The monoisotopic (exact) mass is 116 g/mol. The minimum atomic E-state index is 0.194. The maximum absolute atomic E-state index is 5.00. The van der Waals surface area contributed by atoms with E-state index in [1.54, 1.807) is 7.11 Å². The van der Waals surface area contributed by atoms with Gasteiger partial charge >= 0.3 is 0 Å². The van der Waals surface area contributed by atoms with Crippen molar-refractivity contribution in [1.82, 2.24) is 4.90 Å². The van der Waals surface area contributed by atoms with Gasteiger partial charge in [0, 0.05) is 13.7 Å². The molecule has 0 fully saturated rings. The van der Waals surface area contributed by atoms with Gasteiger partial charge in [-0.05, 0) is 20.9 Å². The zero-order valence-electron chi connectivity index (χ0n) is 6.01. The molecule has 0 aliphatic heterocycles. The molecular formula is C6H14NO. The van der Waals surface area contributed by atoms with Gasteiger partial charge in [-0.15, -0.1) is 0 Å². The van der Waals surface area contributed by atoms with Gasteiger partial charge in [-0.25, -0.2) is 0 Å². The summed E-state index contributed by atoms with van der Waals surface area (Å²) in [5.41, 5.74) is 0. The van der Waals surface area contributed by atoms with Crippen LogP contribution in [-0.2, 0) is 4.74 Å². The summed E-state index contributed by atoms with van der Waals surface area (Å²) < 4.78 is 5.00. The highest BCUT2D eigenvalue weighted by Gasteiger charge is 2.02. The zero-order chi connectivity index (χ0) is 6.57. The Kier molecular flexibility index (Phi) is 3.83. The normalized spacial score (nSPS) is 14.6. The molecule has 1 unspecified atom stereocenters. The molecule has 8 heavy (non-hydrogen) atoms. The van der Waals surface area contributed by atoms with Crippen LogP contribution in [0.5, 0.6) is 0 Å². The number of rotatable bonds is 3. The molecular weight excluding hydrogens is 102 g/mol. The third-order valence-corrected chi connectivity index (χ3v) is 1.32. The first-order chi connectivity index (χ1) is 3.72. The summed E-state index contributed by atoms with van der Waals surface area (Å²) in [5.74, 6) is 0. The van der Waals surface area contributed by atoms with Crippen LogP contribution in [0.1, 0.15) is 13.8 Å². The molecule has 49 valence electrons. The smallest absolute Gasteiger partial charge is 0.107 e. The Labute approximate surface area is 51.4 Å². The molecule has 0 spiro atoms. The Hall–Kier alpha value is -0.0800. The van der Waals surface area contributed by atoms with Crippen molar-refractivity contribution in [2.75, 3.05) is 14.2 Å². The van der Waals surface area contributed by atoms with Crippen LogP contribution >= 0.6 is 0 Å². The van der Waals surface area contributed by atoms with E-state index in [1.165, 1.54) is 0 Å². The molecule has 0 heterocycles. The molecule has 0 aliphatic rings. The van der Waals surface area contributed by atoms with Crippen molar-refractivity contribution in [3.05, 3.63) is 6.54 Å². The van der Waals surface area contributed by atoms with Crippen molar-refractivity contribution in [2.24, 2.45) is 0 Å². The predicted molar refractivity (Wildman–Crippen MR) is 34.2 cm³/mol. The molecule has 0 aromatic heterocycles. The molecule has 1 atom stereocenters. The summed E-state index contributed by atoms with van der Waals surface area (Å²) >= 11 is 0. The molecule has 0 aromatic carbocycles. The Balaban J connectivity index is 3.29. The molecule has 0 aliphatic carbocycles. The summed E-state index contributed by atoms with van der Waals surface area (Å²) in [6.45, 7) is 5.96. The number of ether oxygens (including phenoxy) is 1. The first kappa shape index (κ1) is 7.92. The second-order valence-electron chi connectivity index (χ2n) is 1.76. The van der Waals surface area contributed by atoms with Crippen LogP contribution in [0.25, 0.3) is 0 Å². The van der Waals surface area contributed by atoms with Gasteiger partial charge in [0.1, 0.15) is 6.23 Å². The highest BCUT2D eigenvalue weighted by Crippen LogP contribution is 1.95. The van der Waals surface area contributed by atoms with E-state index in [2.05, 4.69) is 0 Å². The fraction of sp³-hybridized carbons (Fsp3) is 0.833. The summed E-state index contributed by atoms with van der Waals surface area (Å²) in [7, 11) is 3.68. The average molecular weight is 116 g/mol. The highest BCUT2D eigenvalue weighted by atomic mass is 16.5. The minimum absolute atomic E-state index is 0.194. The fourth-order valence-corrected chi connectivity index (χ4v) is 0.376. The Morgan fingerprint density at radius 3 is 2.25 bits per heavy atom. The average Bonchev–Trinajstić information content (AvgIpc) is 1.84. The molecule has 0 saturated carbocycles. The summed E-state index contributed by atoms with van der Waals surface area (Å²) in [5, 5.41) is 0. The summed E-state index contributed by atoms with van der Waals surface area (Å²) in [6.07, 6.45) is 0.194. The Morgan fingerprint density at radius 2 is 2.12 bits per heavy atom. The first-order valence-electron chi connectivity index (χ1n) is 2.76. The predicted octanol–water partition coefficient (Wildman–Crippen LogP) is 1.09. The van der Waals surface area contributed by atoms with E-state index in [9.17, 15) is 0 Å². The van der Waals surface area contributed by atoms with Crippen molar-refractivity contribution >= 4 is 0 Å². The second kappa shape index (κ2) is 3.87. The first-order valence-corrected chi connectivity index (χ1v) is 2.76. The van der Waals surface area contributed by atoms with Crippen molar-refractivity contribution in [3.63, 3.8) is 0 Å². The standard InChI is InChI=1S/C6H14NO/c1-5-7(3)6(2)8-4/h5-6H,1-4H3. The van der Waals surface area contributed by atoms with Crippen LogP contribution in [0.15, 0.2) is 0 Å². The van der Waals surface area contributed by atoms with E-state index < -0.39 is 0 Å². The zero-order valence-corrected chi connectivity index (χ0v) is 6.01. The van der Waals surface area contributed by atoms with Gasteiger partial charge in [-0.3, -0.25) is 4.90 Å². The lowest BCUT2D eigenvalue weighted by atomic mass is 10.5. The Morgan fingerprint density at radius 1 is 1.62 bits per heavy atom. The summed E-state index contributed by atoms with van der Waals surface area (Å²) in [6, 6.07) is 0. The molecule has 1 radical (unpaired) electrons. The van der Waals surface area contributed by atoms with Crippen LogP contribution in [0, 0.1) is 6.54 Å². The molecule has 0 rings (SSSR count). The third kappa shape index (κ3) is 2.28. The minimum Gasteiger partial charge on any atom is -0.367 e. The van der Waals surface area contributed by atoms with E-state index in [0.29, 0.717) is 0 Å². The van der Waals surface area contributed by atoms with Gasteiger partial charge < -0.3 is 4.74 Å². The second-order valence-corrected chi connectivity index (χ2v) is 1.76. The van der Waals surface area contributed by atoms with E-state index in [4.69, 9.17) is 4.74 Å². The van der Waals surface area contributed by atoms with Gasteiger partial charge in [0.05, 0.1) is 0 Å². The number of hydrogen-bond donors (Lipinski definition) is 0. The lowest BCUT2D eigenvalue weighted by Crippen LogP contribution is -2.26. The molecule has 0 aromatic rings. The molecule has 0 amide bonds. The lowest BCUT2D eigenvalue weighted by molar-refractivity contribution is 0.0137. The van der Waals surface area contributed by atoms with Crippen molar-refractivity contribution in [3.8, 4) is 0 Å². The van der Waals surface area contributed by atoms with Gasteiger partial charge in [-0.1, -0.05) is 0 Å². The van der Waals surface area contributed by atoms with Crippen LogP contribution in [0.2, 0.25) is 0 Å². The van der Waals surface area contributed by atoms with Crippen molar-refractivity contribution in [2.45, 2.75) is 20.1 Å². The van der Waals surface area contributed by atoms with E-state index >= 15 is 0 Å². The molecule has 0 N–H and O–H groups in total. The van der Waals surface area contributed by atoms with Gasteiger partial charge in [-0.2, -0.15) is 0 Å². The van der Waals surface area contributed by atoms with E-state index in [-0.39, 0.29) is 6.23 Å². The summed E-state index contributed by atoms with van der Waals surface area (Å²) in [4.78, 5) is 2.00. The molecule has 2 heteroatoms.